The maximum atomic E-state index is 5.50. The van der Waals surface area contributed by atoms with Crippen molar-refractivity contribution in [2.75, 3.05) is 5.32 Å². The predicted octanol–water partition coefficient (Wildman–Crippen LogP) is 2.79. The zero-order valence-electron chi connectivity index (χ0n) is 15.3. The van der Waals surface area contributed by atoms with Gasteiger partial charge in [-0.05, 0) is 45.1 Å². The summed E-state index contributed by atoms with van der Waals surface area (Å²) >= 11 is 0. The molecule has 4 rings (SSSR count). The van der Waals surface area contributed by atoms with E-state index in [1.54, 1.807) is 12.4 Å². The van der Waals surface area contributed by atoms with Crippen LogP contribution in [-0.4, -0.2) is 36.0 Å². The molecule has 8 heteroatoms. The van der Waals surface area contributed by atoms with Crippen LogP contribution in [-0.2, 0) is 6.42 Å². The summed E-state index contributed by atoms with van der Waals surface area (Å²) < 4.78 is 7.32. The molecular weight excluding hydrogens is 330 g/mol. The Morgan fingerprint density at radius 1 is 1.19 bits per heavy atom. The normalized spacial score (nSPS) is 19.8. The van der Waals surface area contributed by atoms with Crippen LogP contribution >= 0.6 is 0 Å². The summed E-state index contributed by atoms with van der Waals surface area (Å²) in [6, 6.07) is 2.41. The smallest absolute Gasteiger partial charge is 0.216 e. The third kappa shape index (κ3) is 3.58. The molecule has 136 valence electrons. The van der Waals surface area contributed by atoms with Crippen LogP contribution in [0.2, 0.25) is 0 Å². The van der Waals surface area contributed by atoms with E-state index in [1.165, 1.54) is 0 Å². The van der Waals surface area contributed by atoms with Crippen LogP contribution in [0, 0.1) is 26.7 Å². The van der Waals surface area contributed by atoms with Crippen molar-refractivity contribution in [3.63, 3.8) is 0 Å². The minimum absolute atomic E-state index is 0.383. The van der Waals surface area contributed by atoms with Crippen LogP contribution in [0.1, 0.15) is 42.4 Å². The van der Waals surface area contributed by atoms with Gasteiger partial charge >= 0.3 is 0 Å². The van der Waals surface area contributed by atoms with Gasteiger partial charge in [0.15, 0.2) is 5.82 Å². The van der Waals surface area contributed by atoms with Gasteiger partial charge in [0, 0.05) is 25.1 Å². The Labute approximate surface area is 152 Å². The molecule has 0 unspecified atom stereocenters. The van der Waals surface area contributed by atoms with E-state index in [2.05, 4.69) is 30.6 Å². The lowest BCUT2D eigenvalue weighted by Crippen LogP contribution is -2.18. The molecule has 8 nitrogen and oxygen atoms in total. The van der Waals surface area contributed by atoms with E-state index < -0.39 is 0 Å². The average Bonchev–Trinajstić information content (AvgIpc) is 3.30. The number of aromatic nitrogens is 6. The lowest BCUT2D eigenvalue weighted by Gasteiger charge is -2.14. The quantitative estimate of drug-likeness (QED) is 0.753. The van der Waals surface area contributed by atoms with Gasteiger partial charge in [0.1, 0.15) is 5.82 Å². The second-order valence-electron chi connectivity index (χ2n) is 7.04. The number of hydrogen-bond donors (Lipinski definition) is 1. The minimum atomic E-state index is 0.383. The molecule has 2 atom stereocenters. The highest BCUT2D eigenvalue weighted by molar-refractivity contribution is 5.37. The van der Waals surface area contributed by atoms with Crippen molar-refractivity contribution >= 4 is 5.82 Å². The molecule has 3 heterocycles. The highest BCUT2D eigenvalue weighted by atomic mass is 16.4. The van der Waals surface area contributed by atoms with Crippen molar-refractivity contribution in [3.05, 3.63) is 41.6 Å². The monoisotopic (exact) mass is 353 g/mol. The van der Waals surface area contributed by atoms with Crippen LogP contribution in [0.4, 0.5) is 5.82 Å². The SMILES string of the molecule is Cc1cc(C)n(-c2cncc(N[C@H]3CC[C@@H](Cc4nnc(C)o4)C3)n2)n1. The second kappa shape index (κ2) is 6.86. The van der Waals surface area contributed by atoms with Crippen LogP contribution < -0.4 is 5.32 Å². The highest BCUT2D eigenvalue weighted by Gasteiger charge is 2.26. The Hall–Kier alpha value is -2.77. The van der Waals surface area contributed by atoms with Crippen molar-refractivity contribution in [1.82, 2.24) is 29.9 Å². The molecule has 0 radical (unpaired) electrons. The molecule has 1 saturated carbocycles. The number of nitrogens with zero attached hydrogens (tertiary/aromatic N) is 6. The molecule has 1 fully saturated rings. The molecule has 0 aromatic carbocycles. The van der Waals surface area contributed by atoms with Crippen LogP contribution in [0.3, 0.4) is 0 Å². The second-order valence-corrected chi connectivity index (χ2v) is 7.04. The molecule has 0 aliphatic heterocycles. The topological polar surface area (TPSA) is 94.6 Å². The number of hydrogen-bond acceptors (Lipinski definition) is 7. The van der Waals surface area contributed by atoms with E-state index in [1.807, 2.05) is 31.5 Å². The van der Waals surface area contributed by atoms with Crippen molar-refractivity contribution in [2.24, 2.45) is 5.92 Å². The first-order valence-corrected chi connectivity index (χ1v) is 8.98. The van der Waals surface area contributed by atoms with Gasteiger partial charge in [-0.25, -0.2) is 9.67 Å². The van der Waals surface area contributed by atoms with Crippen molar-refractivity contribution in [1.29, 1.82) is 0 Å². The van der Waals surface area contributed by atoms with Gasteiger partial charge in [-0.2, -0.15) is 5.10 Å². The molecule has 3 aromatic heterocycles. The predicted molar refractivity (Wildman–Crippen MR) is 96.1 cm³/mol. The van der Waals surface area contributed by atoms with Crippen LogP contribution in [0.15, 0.2) is 22.9 Å². The van der Waals surface area contributed by atoms with Gasteiger partial charge in [-0.3, -0.25) is 4.98 Å². The molecular formula is C18H23N7O. The summed E-state index contributed by atoms with van der Waals surface area (Å²) in [6.45, 7) is 5.81. The van der Waals surface area contributed by atoms with E-state index in [0.717, 1.165) is 54.6 Å². The largest absolute Gasteiger partial charge is 0.426 e. The molecule has 3 aromatic rings. The summed E-state index contributed by atoms with van der Waals surface area (Å²) in [4.78, 5) is 9.00. The number of nitrogens with one attached hydrogen (secondary N) is 1. The van der Waals surface area contributed by atoms with Gasteiger partial charge in [0.25, 0.3) is 0 Å². The first-order valence-electron chi connectivity index (χ1n) is 8.98. The summed E-state index contributed by atoms with van der Waals surface area (Å²) in [7, 11) is 0. The third-order valence-corrected chi connectivity index (χ3v) is 4.77. The Balaban J connectivity index is 1.40. The highest BCUT2D eigenvalue weighted by Crippen LogP contribution is 2.30. The molecule has 0 amide bonds. The molecule has 0 saturated heterocycles. The zero-order valence-corrected chi connectivity index (χ0v) is 15.3. The standard InChI is InChI=1S/C18H23N7O/c1-11-6-12(2)25(24-11)17-10-19-9-16(21-17)20-15-5-4-14(7-15)8-18-23-22-13(3)26-18/h6,9-10,14-15H,4-5,7-8H2,1-3H3,(H,20,21)/t14-,15+/m1/s1. The van der Waals surface area contributed by atoms with Gasteiger partial charge in [-0.1, -0.05) is 0 Å². The third-order valence-electron chi connectivity index (χ3n) is 4.77. The van der Waals surface area contributed by atoms with Gasteiger partial charge < -0.3 is 9.73 Å². The van der Waals surface area contributed by atoms with E-state index in [4.69, 9.17) is 4.42 Å². The first-order chi connectivity index (χ1) is 12.6. The summed E-state index contributed by atoms with van der Waals surface area (Å²) in [5.41, 5.74) is 2.02. The van der Waals surface area contributed by atoms with Crippen LogP contribution in [0.5, 0.6) is 0 Å². The fourth-order valence-corrected chi connectivity index (χ4v) is 3.66. The fourth-order valence-electron chi connectivity index (χ4n) is 3.66. The lowest BCUT2D eigenvalue weighted by atomic mass is 10.0. The van der Waals surface area contributed by atoms with Crippen LogP contribution in [0.25, 0.3) is 5.82 Å². The van der Waals surface area contributed by atoms with E-state index in [-0.39, 0.29) is 0 Å². The average molecular weight is 353 g/mol. The Morgan fingerprint density at radius 3 is 2.81 bits per heavy atom. The Kier molecular flexibility index (Phi) is 4.40. The lowest BCUT2D eigenvalue weighted by molar-refractivity contribution is 0.416. The molecule has 0 spiro atoms. The maximum absolute atomic E-state index is 5.50. The molecule has 1 aliphatic carbocycles. The summed E-state index contributed by atoms with van der Waals surface area (Å²) in [5, 5.41) is 16.0. The van der Waals surface area contributed by atoms with Crippen molar-refractivity contribution in [3.8, 4) is 5.82 Å². The molecule has 0 bridgehead atoms. The van der Waals surface area contributed by atoms with E-state index >= 15 is 0 Å². The van der Waals surface area contributed by atoms with Crippen molar-refractivity contribution < 1.29 is 4.42 Å². The maximum Gasteiger partial charge on any atom is 0.216 e. The van der Waals surface area contributed by atoms with Gasteiger partial charge in [-0.15, -0.1) is 10.2 Å². The Bertz CT molecular complexity index is 901. The number of rotatable bonds is 5. The fraction of sp³-hybridized carbons (Fsp3) is 0.500. The summed E-state index contributed by atoms with van der Waals surface area (Å²) in [5.74, 6) is 3.44. The van der Waals surface area contributed by atoms with Gasteiger partial charge in [0.2, 0.25) is 11.8 Å². The molecule has 26 heavy (non-hydrogen) atoms. The van der Waals surface area contributed by atoms with Gasteiger partial charge in [0.05, 0.1) is 18.1 Å². The van der Waals surface area contributed by atoms with Crippen molar-refractivity contribution in [2.45, 2.75) is 52.5 Å². The Morgan fingerprint density at radius 2 is 2.08 bits per heavy atom. The zero-order chi connectivity index (χ0) is 18.1. The number of aryl methyl sites for hydroxylation is 3. The number of anilines is 1. The van der Waals surface area contributed by atoms with E-state index in [9.17, 15) is 0 Å². The first kappa shape index (κ1) is 16.7. The minimum Gasteiger partial charge on any atom is -0.426 e. The molecule has 1 N–H and O–H groups in total. The molecule has 1 aliphatic rings. The van der Waals surface area contributed by atoms with E-state index in [0.29, 0.717) is 17.9 Å². The summed E-state index contributed by atoms with van der Waals surface area (Å²) in [6.07, 6.45) is 7.65.